The topological polar surface area (TPSA) is 90.3 Å². The lowest BCUT2D eigenvalue weighted by Crippen LogP contribution is -2.31. The molecule has 0 radical (unpaired) electrons. The second-order valence-corrected chi connectivity index (χ2v) is 9.63. The summed E-state index contributed by atoms with van der Waals surface area (Å²) in [6.45, 7) is 2.34. The van der Waals surface area contributed by atoms with Gasteiger partial charge in [0.2, 0.25) is 5.95 Å². The van der Waals surface area contributed by atoms with Gasteiger partial charge in [-0.2, -0.15) is 4.98 Å². The van der Waals surface area contributed by atoms with E-state index in [0.717, 1.165) is 22.4 Å². The fourth-order valence-corrected chi connectivity index (χ4v) is 4.89. The number of rotatable bonds is 8. The van der Waals surface area contributed by atoms with Crippen molar-refractivity contribution >= 4 is 17.5 Å². The summed E-state index contributed by atoms with van der Waals surface area (Å²) in [7, 11) is 1.58. The molecular weight excluding hydrogens is 514 g/mol. The third kappa shape index (κ3) is 5.40. The van der Waals surface area contributed by atoms with Gasteiger partial charge in [0, 0.05) is 11.3 Å². The number of benzene rings is 4. The van der Waals surface area contributed by atoms with Crippen molar-refractivity contribution in [3.05, 3.63) is 132 Å². The standard InChI is InChI=1S/C33H29N5O3/c1-22-29(32(39)35-27-15-9-10-16-28(27)40-2)30(38-33(34-22)36-31(37-38)25-13-7-4-8-14-25)24-17-19-26(20-18-24)41-21-23-11-5-3-6-12-23/h3-20,30H,21H2,1-2H3,(H,35,39)(H,34,36,37). The fourth-order valence-electron chi connectivity index (χ4n) is 4.89. The van der Waals surface area contributed by atoms with Crippen molar-refractivity contribution in [1.82, 2.24) is 14.8 Å². The molecule has 1 aromatic heterocycles. The molecule has 1 atom stereocenters. The molecule has 8 heteroatoms. The summed E-state index contributed by atoms with van der Waals surface area (Å²) in [5.41, 5.74) is 4.63. The Kier molecular flexibility index (Phi) is 7.19. The molecule has 0 bridgehead atoms. The van der Waals surface area contributed by atoms with Gasteiger partial charge in [-0.3, -0.25) is 4.79 Å². The number of fused-ring (bicyclic) bond motifs is 1. The average molecular weight is 544 g/mol. The Morgan fingerprint density at radius 3 is 2.32 bits per heavy atom. The van der Waals surface area contributed by atoms with Crippen LogP contribution in [0.1, 0.15) is 24.1 Å². The first kappa shape index (κ1) is 25.9. The molecule has 41 heavy (non-hydrogen) atoms. The Balaban J connectivity index is 1.36. The Hall–Kier alpha value is -5.37. The zero-order valence-electron chi connectivity index (χ0n) is 22.7. The van der Waals surface area contributed by atoms with Crippen LogP contribution in [0.3, 0.4) is 0 Å². The predicted molar refractivity (Wildman–Crippen MR) is 159 cm³/mol. The average Bonchev–Trinajstić information content (AvgIpc) is 3.44. The summed E-state index contributed by atoms with van der Waals surface area (Å²) < 4.78 is 13.2. The van der Waals surface area contributed by atoms with Gasteiger partial charge < -0.3 is 20.1 Å². The summed E-state index contributed by atoms with van der Waals surface area (Å²) in [4.78, 5) is 18.7. The smallest absolute Gasteiger partial charge is 0.255 e. The fraction of sp³-hybridized carbons (Fsp3) is 0.121. The van der Waals surface area contributed by atoms with Crippen LogP contribution in [0.4, 0.5) is 11.6 Å². The highest BCUT2D eigenvalue weighted by Gasteiger charge is 2.34. The number of allylic oxidation sites excluding steroid dienone is 1. The lowest BCUT2D eigenvalue weighted by molar-refractivity contribution is -0.113. The van der Waals surface area contributed by atoms with Gasteiger partial charge in [-0.25, -0.2) is 4.68 Å². The zero-order chi connectivity index (χ0) is 28.2. The summed E-state index contributed by atoms with van der Waals surface area (Å²) in [5, 5.41) is 11.2. The molecule has 2 heterocycles. The maximum atomic E-state index is 13.9. The van der Waals surface area contributed by atoms with E-state index in [-0.39, 0.29) is 5.91 Å². The zero-order valence-corrected chi connectivity index (χ0v) is 22.7. The molecule has 1 aliphatic rings. The number of nitrogens with one attached hydrogen (secondary N) is 2. The number of hydrogen-bond donors (Lipinski definition) is 2. The van der Waals surface area contributed by atoms with Crippen LogP contribution in [-0.2, 0) is 11.4 Å². The molecule has 1 aliphatic heterocycles. The third-order valence-electron chi connectivity index (χ3n) is 6.93. The van der Waals surface area contributed by atoms with Crippen LogP contribution < -0.4 is 20.1 Å². The van der Waals surface area contributed by atoms with Gasteiger partial charge in [0.15, 0.2) is 5.82 Å². The molecule has 2 N–H and O–H groups in total. The van der Waals surface area contributed by atoms with Gasteiger partial charge >= 0.3 is 0 Å². The highest BCUT2D eigenvalue weighted by molar-refractivity contribution is 6.06. The molecular formula is C33H29N5O3. The molecule has 0 saturated carbocycles. The second kappa shape index (κ2) is 11.4. The van der Waals surface area contributed by atoms with E-state index in [2.05, 4.69) is 10.6 Å². The van der Waals surface area contributed by atoms with Gasteiger partial charge in [0.25, 0.3) is 5.91 Å². The highest BCUT2D eigenvalue weighted by Crippen LogP contribution is 2.38. The number of methoxy groups -OCH3 is 1. The van der Waals surface area contributed by atoms with E-state index in [4.69, 9.17) is 19.6 Å². The number of carbonyl (C=O) groups excluding carboxylic acids is 1. The Labute approximate surface area is 238 Å². The number of para-hydroxylation sites is 2. The normalized spacial score (nSPS) is 14.1. The van der Waals surface area contributed by atoms with Crippen molar-refractivity contribution in [2.75, 3.05) is 17.7 Å². The first-order valence-corrected chi connectivity index (χ1v) is 13.3. The number of aromatic nitrogens is 3. The van der Waals surface area contributed by atoms with Crippen molar-refractivity contribution in [3.8, 4) is 22.9 Å². The number of amides is 1. The van der Waals surface area contributed by atoms with Crippen LogP contribution in [0.25, 0.3) is 11.4 Å². The minimum atomic E-state index is -0.533. The number of carbonyl (C=O) groups is 1. The molecule has 8 nitrogen and oxygen atoms in total. The summed E-state index contributed by atoms with van der Waals surface area (Å²) in [5.74, 6) is 2.17. The lowest BCUT2D eigenvalue weighted by Gasteiger charge is -2.29. The maximum absolute atomic E-state index is 13.9. The second-order valence-electron chi connectivity index (χ2n) is 9.63. The van der Waals surface area contributed by atoms with E-state index in [0.29, 0.717) is 41.1 Å². The molecule has 1 unspecified atom stereocenters. The van der Waals surface area contributed by atoms with Crippen LogP contribution >= 0.6 is 0 Å². The Morgan fingerprint density at radius 1 is 0.902 bits per heavy atom. The minimum absolute atomic E-state index is 0.267. The van der Waals surface area contributed by atoms with E-state index in [1.165, 1.54) is 0 Å². The third-order valence-corrected chi connectivity index (χ3v) is 6.93. The molecule has 6 rings (SSSR count). The lowest BCUT2D eigenvalue weighted by atomic mass is 9.95. The van der Waals surface area contributed by atoms with Crippen molar-refractivity contribution in [2.24, 2.45) is 0 Å². The Bertz CT molecular complexity index is 1700. The molecule has 1 amide bonds. The summed E-state index contributed by atoms with van der Waals surface area (Å²) in [6.07, 6.45) is 0. The van der Waals surface area contributed by atoms with Gasteiger partial charge in [-0.15, -0.1) is 5.10 Å². The molecule has 204 valence electrons. The highest BCUT2D eigenvalue weighted by atomic mass is 16.5. The van der Waals surface area contributed by atoms with Crippen LogP contribution in [0.15, 0.2) is 120 Å². The number of hydrogen-bond acceptors (Lipinski definition) is 6. The molecule has 0 aliphatic carbocycles. The summed E-state index contributed by atoms with van der Waals surface area (Å²) in [6, 6.07) is 34.4. The summed E-state index contributed by atoms with van der Waals surface area (Å²) >= 11 is 0. The van der Waals surface area contributed by atoms with Gasteiger partial charge in [0.1, 0.15) is 24.1 Å². The van der Waals surface area contributed by atoms with Crippen LogP contribution in [0.2, 0.25) is 0 Å². The quantitative estimate of drug-likeness (QED) is 0.233. The van der Waals surface area contributed by atoms with Crippen LogP contribution in [-0.4, -0.2) is 27.8 Å². The maximum Gasteiger partial charge on any atom is 0.255 e. The Morgan fingerprint density at radius 2 is 1.59 bits per heavy atom. The molecule has 0 spiro atoms. The molecule has 0 fully saturated rings. The van der Waals surface area contributed by atoms with Crippen molar-refractivity contribution in [3.63, 3.8) is 0 Å². The predicted octanol–water partition coefficient (Wildman–Crippen LogP) is 6.46. The van der Waals surface area contributed by atoms with Crippen LogP contribution in [0, 0.1) is 0 Å². The van der Waals surface area contributed by atoms with Gasteiger partial charge in [0.05, 0.1) is 18.4 Å². The number of anilines is 2. The van der Waals surface area contributed by atoms with Gasteiger partial charge in [-0.05, 0) is 42.3 Å². The first-order chi connectivity index (χ1) is 20.1. The van der Waals surface area contributed by atoms with Gasteiger partial charge in [-0.1, -0.05) is 84.9 Å². The number of ether oxygens (including phenoxy) is 2. The SMILES string of the molecule is COc1ccccc1NC(=O)C1=C(C)Nc2nc(-c3ccccc3)nn2C1c1ccc(OCc2ccccc2)cc1. The molecule has 0 saturated heterocycles. The van der Waals surface area contributed by atoms with Crippen molar-refractivity contribution in [2.45, 2.75) is 19.6 Å². The number of nitrogens with zero attached hydrogens (tertiary/aromatic N) is 3. The van der Waals surface area contributed by atoms with Crippen molar-refractivity contribution in [1.29, 1.82) is 0 Å². The van der Waals surface area contributed by atoms with Crippen molar-refractivity contribution < 1.29 is 14.3 Å². The van der Waals surface area contributed by atoms with E-state index >= 15 is 0 Å². The first-order valence-electron chi connectivity index (χ1n) is 13.3. The minimum Gasteiger partial charge on any atom is -0.495 e. The largest absolute Gasteiger partial charge is 0.495 e. The van der Waals surface area contributed by atoms with E-state index < -0.39 is 6.04 Å². The van der Waals surface area contributed by atoms with Crippen LogP contribution in [0.5, 0.6) is 11.5 Å². The monoisotopic (exact) mass is 543 g/mol. The molecule has 4 aromatic carbocycles. The molecule has 5 aromatic rings. The van der Waals surface area contributed by atoms with E-state index in [1.807, 2.05) is 116 Å². The van der Waals surface area contributed by atoms with E-state index in [9.17, 15) is 4.79 Å². The van der Waals surface area contributed by atoms with E-state index in [1.54, 1.807) is 11.8 Å².